The molecule has 0 spiro atoms. The summed E-state index contributed by atoms with van der Waals surface area (Å²) in [5.41, 5.74) is 1.19. The molecule has 10 heavy (non-hydrogen) atoms. The smallest absolute Gasteiger partial charge is 0.0909 e. The van der Waals surface area contributed by atoms with E-state index >= 15 is 0 Å². The Morgan fingerprint density at radius 3 is 2.60 bits per heavy atom. The fraction of sp³-hybridized carbons (Fsp3) is 0.571. The van der Waals surface area contributed by atoms with Gasteiger partial charge >= 0.3 is 0 Å². The van der Waals surface area contributed by atoms with Gasteiger partial charge in [0.2, 0.25) is 0 Å². The van der Waals surface area contributed by atoms with Gasteiger partial charge in [-0.15, -0.1) is 23.1 Å². The Labute approximate surface area is 69.9 Å². The van der Waals surface area contributed by atoms with E-state index in [2.05, 4.69) is 25.8 Å². The van der Waals surface area contributed by atoms with Crippen molar-refractivity contribution in [1.82, 2.24) is 4.98 Å². The maximum absolute atomic E-state index is 4.33. The normalized spacial score (nSPS) is 10.3. The molecule has 0 radical (unpaired) electrons. The van der Waals surface area contributed by atoms with Crippen LogP contribution in [0.1, 0.15) is 17.6 Å². The Bertz CT molecular complexity index is 217. The molecule has 0 aliphatic rings. The predicted octanol–water partition coefficient (Wildman–Crippen LogP) is 2.87. The number of thiazole rings is 1. The standard InChI is InChI=1S/C7H11NS2/c1-4-9-7-5(2)8-6(3)10-7/h4H2,1-3H3. The van der Waals surface area contributed by atoms with E-state index in [1.54, 1.807) is 11.3 Å². The predicted molar refractivity (Wildman–Crippen MR) is 48.0 cm³/mol. The maximum Gasteiger partial charge on any atom is 0.0909 e. The summed E-state index contributed by atoms with van der Waals surface area (Å²) in [6.45, 7) is 6.29. The van der Waals surface area contributed by atoms with E-state index in [9.17, 15) is 0 Å². The molecule has 0 saturated heterocycles. The molecule has 0 atom stereocenters. The van der Waals surface area contributed by atoms with Crippen molar-refractivity contribution < 1.29 is 0 Å². The molecule has 1 aromatic heterocycles. The molecule has 1 aromatic rings. The summed E-state index contributed by atoms with van der Waals surface area (Å²) in [5.74, 6) is 1.14. The van der Waals surface area contributed by atoms with E-state index in [1.807, 2.05) is 11.8 Å². The first-order valence-corrected chi connectivity index (χ1v) is 5.11. The molecule has 0 amide bonds. The van der Waals surface area contributed by atoms with Crippen molar-refractivity contribution >= 4 is 23.1 Å². The average Bonchev–Trinajstić information content (AvgIpc) is 2.13. The molecular weight excluding hydrogens is 162 g/mol. The third-order valence-electron chi connectivity index (χ3n) is 1.14. The molecule has 0 aromatic carbocycles. The van der Waals surface area contributed by atoms with Crippen molar-refractivity contribution in [3.63, 3.8) is 0 Å². The minimum atomic E-state index is 1.14. The Morgan fingerprint density at radius 1 is 1.50 bits per heavy atom. The maximum atomic E-state index is 4.33. The van der Waals surface area contributed by atoms with Crippen LogP contribution in [0.2, 0.25) is 0 Å². The van der Waals surface area contributed by atoms with Gasteiger partial charge in [-0.3, -0.25) is 0 Å². The Balaban J connectivity index is 2.81. The molecule has 0 aliphatic carbocycles. The van der Waals surface area contributed by atoms with Gasteiger partial charge in [-0.2, -0.15) is 0 Å². The highest BCUT2D eigenvalue weighted by Crippen LogP contribution is 2.28. The first-order chi connectivity index (χ1) is 4.74. The zero-order valence-corrected chi connectivity index (χ0v) is 8.10. The Hall–Kier alpha value is -0.0200. The molecule has 56 valence electrons. The topological polar surface area (TPSA) is 12.9 Å². The van der Waals surface area contributed by atoms with Crippen LogP contribution in [0, 0.1) is 13.8 Å². The second kappa shape index (κ2) is 3.39. The molecule has 1 heterocycles. The summed E-state index contributed by atoms with van der Waals surface area (Å²) >= 11 is 3.67. The van der Waals surface area contributed by atoms with Crippen molar-refractivity contribution in [2.45, 2.75) is 25.0 Å². The summed E-state index contributed by atoms with van der Waals surface area (Å²) in [6, 6.07) is 0. The second-order valence-electron chi connectivity index (χ2n) is 2.04. The molecule has 0 saturated carbocycles. The average molecular weight is 173 g/mol. The fourth-order valence-corrected chi connectivity index (χ4v) is 2.89. The van der Waals surface area contributed by atoms with Crippen molar-refractivity contribution in [3.8, 4) is 0 Å². The van der Waals surface area contributed by atoms with Gasteiger partial charge in [-0.05, 0) is 19.6 Å². The SMILES string of the molecule is CCSc1sc(C)nc1C. The molecule has 3 heteroatoms. The van der Waals surface area contributed by atoms with Gasteiger partial charge in [0.15, 0.2) is 0 Å². The highest BCUT2D eigenvalue weighted by molar-refractivity contribution is 8.01. The van der Waals surface area contributed by atoms with E-state index in [1.165, 1.54) is 14.9 Å². The van der Waals surface area contributed by atoms with Crippen LogP contribution in [-0.4, -0.2) is 10.7 Å². The highest BCUT2D eigenvalue weighted by Gasteiger charge is 2.02. The Morgan fingerprint density at radius 2 is 2.20 bits per heavy atom. The van der Waals surface area contributed by atoms with Gasteiger partial charge < -0.3 is 0 Å². The highest BCUT2D eigenvalue weighted by atomic mass is 32.2. The van der Waals surface area contributed by atoms with Crippen molar-refractivity contribution in [1.29, 1.82) is 0 Å². The number of aromatic nitrogens is 1. The molecule has 0 unspecified atom stereocenters. The second-order valence-corrected chi connectivity index (χ2v) is 4.77. The molecule has 1 nitrogen and oxygen atoms in total. The van der Waals surface area contributed by atoms with Gasteiger partial charge in [0, 0.05) is 0 Å². The van der Waals surface area contributed by atoms with Crippen LogP contribution in [0.3, 0.4) is 0 Å². The monoisotopic (exact) mass is 173 g/mol. The van der Waals surface area contributed by atoms with Crippen LogP contribution in [-0.2, 0) is 0 Å². The summed E-state index contributed by atoms with van der Waals surface area (Å²) in [4.78, 5) is 4.33. The number of hydrogen-bond donors (Lipinski definition) is 0. The lowest BCUT2D eigenvalue weighted by Crippen LogP contribution is -1.73. The van der Waals surface area contributed by atoms with Crippen molar-refractivity contribution in [2.24, 2.45) is 0 Å². The molecule has 1 rings (SSSR count). The van der Waals surface area contributed by atoms with Gasteiger partial charge in [0.1, 0.15) is 0 Å². The zero-order valence-electron chi connectivity index (χ0n) is 6.47. The van der Waals surface area contributed by atoms with Crippen LogP contribution in [0.15, 0.2) is 4.21 Å². The quantitative estimate of drug-likeness (QED) is 0.638. The van der Waals surface area contributed by atoms with Gasteiger partial charge in [0.05, 0.1) is 14.9 Å². The lowest BCUT2D eigenvalue weighted by atomic mass is 10.6. The van der Waals surface area contributed by atoms with Gasteiger partial charge in [-0.1, -0.05) is 6.92 Å². The number of thioether (sulfide) groups is 1. The van der Waals surface area contributed by atoms with Gasteiger partial charge in [-0.25, -0.2) is 4.98 Å². The first kappa shape index (κ1) is 8.08. The van der Waals surface area contributed by atoms with Crippen LogP contribution in [0.4, 0.5) is 0 Å². The number of aryl methyl sites for hydroxylation is 2. The van der Waals surface area contributed by atoms with E-state index < -0.39 is 0 Å². The van der Waals surface area contributed by atoms with Crippen molar-refractivity contribution in [3.05, 3.63) is 10.7 Å². The fourth-order valence-electron chi connectivity index (χ4n) is 0.778. The summed E-state index contributed by atoms with van der Waals surface area (Å²) in [6.07, 6.45) is 0. The molecule has 0 aliphatic heterocycles. The largest absolute Gasteiger partial charge is 0.246 e. The number of nitrogens with zero attached hydrogens (tertiary/aromatic N) is 1. The number of rotatable bonds is 2. The molecule has 0 N–H and O–H groups in total. The number of hydrogen-bond acceptors (Lipinski definition) is 3. The summed E-state index contributed by atoms with van der Waals surface area (Å²) in [5, 5.41) is 1.17. The van der Waals surface area contributed by atoms with Crippen LogP contribution in [0.25, 0.3) is 0 Å². The summed E-state index contributed by atoms with van der Waals surface area (Å²) in [7, 11) is 0. The first-order valence-electron chi connectivity index (χ1n) is 3.31. The third kappa shape index (κ3) is 1.73. The minimum absolute atomic E-state index is 1.14. The van der Waals surface area contributed by atoms with Crippen molar-refractivity contribution in [2.75, 3.05) is 5.75 Å². The zero-order chi connectivity index (χ0) is 7.56. The van der Waals surface area contributed by atoms with Gasteiger partial charge in [0.25, 0.3) is 0 Å². The minimum Gasteiger partial charge on any atom is -0.246 e. The summed E-state index contributed by atoms with van der Waals surface area (Å²) < 4.78 is 1.38. The van der Waals surface area contributed by atoms with E-state index in [4.69, 9.17) is 0 Å². The molecular formula is C7H11NS2. The third-order valence-corrected chi connectivity index (χ3v) is 3.45. The van der Waals surface area contributed by atoms with E-state index in [-0.39, 0.29) is 0 Å². The van der Waals surface area contributed by atoms with Crippen LogP contribution >= 0.6 is 23.1 Å². The van der Waals surface area contributed by atoms with E-state index in [0.29, 0.717) is 0 Å². The van der Waals surface area contributed by atoms with Crippen LogP contribution in [0.5, 0.6) is 0 Å². The Kier molecular flexibility index (Phi) is 2.74. The lowest BCUT2D eigenvalue weighted by Gasteiger charge is -1.90. The lowest BCUT2D eigenvalue weighted by molar-refractivity contribution is 1.16. The van der Waals surface area contributed by atoms with Crippen LogP contribution < -0.4 is 0 Å². The molecule has 0 fully saturated rings. The van der Waals surface area contributed by atoms with E-state index in [0.717, 1.165) is 5.75 Å². The molecule has 0 bridgehead atoms.